The molecule has 4 heteroatoms. The highest BCUT2D eigenvalue weighted by Gasteiger charge is 2.19. The first-order valence-electron chi connectivity index (χ1n) is 5.85. The average molecular weight is 259 g/mol. The largest absolute Gasteiger partial charge is 0.478 e. The van der Waals surface area contributed by atoms with E-state index < -0.39 is 11.8 Å². The molecule has 0 heterocycles. The Bertz CT molecular complexity index is 624. The van der Waals surface area contributed by atoms with Gasteiger partial charge in [-0.1, -0.05) is 30.3 Å². The minimum absolute atomic E-state index is 0.0582. The van der Waals surface area contributed by atoms with Crippen molar-refractivity contribution < 1.29 is 14.3 Å². The van der Waals surface area contributed by atoms with Crippen molar-refractivity contribution in [1.82, 2.24) is 0 Å². The number of hydrogen-bond donors (Lipinski definition) is 2. The summed E-state index contributed by atoms with van der Waals surface area (Å²) in [5.74, 6) is -1.67. The number of anilines is 1. The lowest BCUT2D eigenvalue weighted by molar-refractivity contribution is 0.0697. The molecule has 0 fully saturated rings. The van der Waals surface area contributed by atoms with E-state index in [0.29, 0.717) is 16.8 Å². The summed E-state index contributed by atoms with van der Waals surface area (Å²) in [5.41, 5.74) is 2.12. The molecule has 0 unspecified atom stereocenters. The predicted octanol–water partition coefficient (Wildman–Crippen LogP) is 3.54. The topological polar surface area (TPSA) is 49.3 Å². The summed E-state index contributed by atoms with van der Waals surface area (Å²) in [7, 11) is 1.63. The number of benzene rings is 2. The summed E-state index contributed by atoms with van der Waals surface area (Å²) in [6.45, 7) is 1.71. The first-order chi connectivity index (χ1) is 9.06. The van der Waals surface area contributed by atoms with Crippen LogP contribution in [-0.4, -0.2) is 18.1 Å². The number of carbonyl (C=O) groups is 1. The van der Waals surface area contributed by atoms with Crippen molar-refractivity contribution in [2.45, 2.75) is 6.92 Å². The summed E-state index contributed by atoms with van der Waals surface area (Å²) < 4.78 is 14.2. The van der Waals surface area contributed by atoms with Crippen molar-refractivity contribution in [2.24, 2.45) is 0 Å². The number of carboxylic acids is 1. The number of carboxylic acid groups (broad SMARTS) is 1. The fourth-order valence-electron chi connectivity index (χ4n) is 2.23. The van der Waals surface area contributed by atoms with Gasteiger partial charge in [0, 0.05) is 12.6 Å². The molecule has 0 spiro atoms. The minimum atomic E-state index is -1.15. The fourth-order valence-corrected chi connectivity index (χ4v) is 2.23. The standard InChI is InChI=1S/C15H14FNO2/c1-9-13(10-6-4-3-5-7-10)12(16)8-11(15(18)19)14(9)17-2/h3-8,17H,1-2H3,(H,18,19). The van der Waals surface area contributed by atoms with E-state index in [0.717, 1.165) is 11.6 Å². The average Bonchev–Trinajstić information content (AvgIpc) is 2.39. The molecule has 2 aromatic carbocycles. The van der Waals surface area contributed by atoms with Crippen molar-refractivity contribution in [3.05, 3.63) is 53.3 Å². The Balaban J connectivity index is 2.74. The molecule has 0 aliphatic carbocycles. The van der Waals surface area contributed by atoms with E-state index in [1.807, 2.05) is 18.2 Å². The van der Waals surface area contributed by atoms with Gasteiger partial charge in [-0.25, -0.2) is 9.18 Å². The molecule has 0 bridgehead atoms. The zero-order valence-electron chi connectivity index (χ0n) is 10.7. The molecule has 0 atom stereocenters. The second-order valence-electron chi connectivity index (χ2n) is 4.20. The van der Waals surface area contributed by atoms with Gasteiger partial charge in [-0.15, -0.1) is 0 Å². The van der Waals surface area contributed by atoms with Crippen LogP contribution in [-0.2, 0) is 0 Å². The van der Waals surface area contributed by atoms with Crippen LogP contribution in [0.1, 0.15) is 15.9 Å². The van der Waals surface area contributed by atoms with E-state index in [2.05, 4.69) is 5.32 Å². The molecule has 2 rings (SSSR count). The monoisotopic (exact) mass is 259 g/mol. The molecule has 2 aromatic rings. The molecule has 0 aliphatic rings. The van der Waals surface area contributed by atoms with E-state index in [9.17, 15) is 9.18 Å². The molecule has 3 nitrogen and oxygen atoms in total. The lowest BCUT2D eigenvalue weighted by Crippen LogP contribution is -2.07. The van der Waals surface area contributed by atoms with Crippen LogP contribution in [0.15, 0.2) is 36.4 Å². The van der Waals surface area contributed by atoms with Crippen LogP contribution in [0.4, 0.5) is 10.1 Å². The Morgan fingerprint density at radius 3 is 2.42 bits per heavy atom. The van der Waals surface area contributed by atoms with Gasteiger partial charge in [0.05, 0.1) is 11.3 Å². The number of rotatable bonds is 3. The third kappa shape index (κ3) is 2.29. The third-order valence-electron chi connectivity index (χ3n) is 3.07. The van der Waals surface area contributed by atoms with Gasteiger partial charge in [0.15, 0.2) is 0 Å². The van der Waals surface area contributed by atoms with E-state index >= 15 is 0 Å². The van der Waals surface area contributed by atoms with Gasteiger partial charge in [0.25, 0.3) is 0 Å². The van der Waals surface area contributed by atoms with Crippen molar-refractivity contribution in [3.63, 3.8) is 0 Å². The summed E-state index contributed by atoms with van der Waals surface area (Å²) in [4.78, 5) is 11.1. The van der Waals surface area contributed by atoms with Crippen LogP contribution in [0.5, 0.6) is 0 Å². The lowest BCUT2D eigenvalue weighted by atomic mass is 9.95. The van der Waals surface area contributed by atoms with Crippen LogP contribution in [0, 0.1) is 12.7 Å². The van der Waals surface area contributed by atoms with Crippen LogP contribution >= 0.6 is 0 Å². The van der Waals surface area contributed by atoms with Crippen molar-refractivity contribution in [3.8, 4) is 11.1 Å². The first kappa shape index (κ1) is 13.1. The Morgan fingerprint density at radius 1 is 1.26 bits per heavy atom. The molecular formula is C15H14FNO2. The highest BCUT2D eigenvalue weighted by Crippen LogP contribution is 2.33. The zero-order valence-corrected chi connectivity index (χ0v) is 10.7. The van der Waals surface area contributed by atoms with Gasteiger partial charge in [-0.2, -0.15) is 0 Å². The molecular weight excluding hydrogens is 245 g/mol. The fraction of sp³-hybridized carbons (Fsp3) is 0.133. The summed E-state index contributed by atoms with van der Waals surface area (Å²) in [6, 6.07) is 10.1. The summed E-state index contributed by atoms with van der Waals surface area (Å²) in [6.07, 6.45) is 0. The van der Waals surface area contributed by atoms with Gasteiger partial charge in [0.2, 0.25) is 0 Å². The lowest BCUT2D eigenvalue weighted by Gasteiger charge is -2.15. The van der Waals surface area contributed by atoms with Gasteiger partial charge in [0.1, 0.15) is 5.82 Å². The number of aromatic carboxylic acids is 1. The molecule has 0 radical (unpaired) electrons. The third-order valence-corrected chi connectivity index (χ3v) is 3.07. The number of nitrogens with one attached hydrogen (secondary N) is 1. The second kappa shape index (κ2) is 5.10. The van der Waals surface area contributed by atoms with E-state index in [1.54, 1.807) is 26.1 Å². The Kier molecular flexibility index (Phi) is 3.51. The Hall–Kier alpha value is -2.36. The molecule has 0 aromatic heterocycles. The quantitative estimate of drug-likeness (QED) is 0.886. The summed E-state index contributed by atoms with van der Waals surface area (Å²) in [5, 5.41) is 11.9. The maximum absolute atomic E-state index is 14.2. The predicted molar refractivity (Wildman–Crippen MR) is 73.1 cm³/mol. The normalized spacial score (nSPS) is 10.3. The Labute approximate surface area is 110 Å². The van der Waals surface area contributed by atoms with E-state index in [1.165, 1.54) is 0 Å². The van der Waals surface area contributed by atoms with Crippen LogP contribution in [0.25, 0.3) is 11.1 Å². The minimum Gasteiger partial charge on any atom is -0.478 e. The van der Waals surface area contributed by atoms with Gasteiger partial charge in [-0.3, -0.25) is 0 Å². The van der Waals surface area contributed by atoms with Crippen molar-refractivity contribution in [2.75, 3.05) is 12.4 Å². The zero-order chi connectivity index (χ0) is 14.0. The van der Waals surface area contributed by atoms with Gasteiger partial charge in [-0.05, 0) is 24.1 Å². The van der Waals surface area contributed by atoms with Crippen molar-refractivity contribution in [1.29, 1.82) is 0 Å². The van der Waals surface area contributed by atoms with Crippen molar-refractivity contribution >= 4 is 11.7 Å². The molecule has 98 valence electrons. The second-order valence-corrected chi connectivity index (χ2v) is 4.20. The molecule has 2 N–H and O–H groups in total. The molecule has 0 amide bonds. The SMILES string of the molecule is CNc1c(C(=O)O)cc(F)c(-c2ccccc2)c1C. The molecule has 0 saturated heterocycles. The molecule has 19 heavy (non-hydrogen) atoms. The summed E-state index contributed by atoms with van der Waals surface area (Å²) >= 11 is 0. The first-order valence-corrected chi connectivity index (χ1v) is 5.85. The Morgan fingerprint density at radius 2 is 1.89 bits per heavy atom. The smallest absolute Gasteiger partial charge is 0.337 e. The maximum atomic E-state index is 14.2. The van der Waals surface area contributed by atoms with E-state index in [4.69, 9.17) is 5.11 Å². The van der Waals surface area contributed by atoms with Crippen LogP contribution < -0.4 is 5.32 Å². The van der Waals surface area contributed by atoms with E-state index in [-0.39, 0.29) is 5.56 Å². The highest BCUT2D eigenvalue weighted by molar-refractivity contribution is 5.97. The number of halogens is 1. The van der Waals surface area contributed by atoms with Gasteiger partial charge < -0.3 is 10.4 Å². The molecule has 0 aliphatic heterocycles. The molecule has 0 saturated carbocycles. The maximum Gasteiger partial charge on any atom is 0.337 e. The van der Waals surface area contributed by atoms with Crippen LogP contribution in [0.3, 0.4) is 0 Å². The van der Waals surface area contributed by atoms with Gasteiger partial charge >= 0.3 is 5.97 Å². The number of hydrogen-bond acceptors (Lipinski definition) is 2. The highest BCUT2D eigenvalue weighted by atomic mass is 19.1. The van der Waals surface area contributed by atoms with Crippen LogP contribution in [0.2, 0.25) is 0 Å².